The topological polar surface area (TPSA) is 59.8 Å². The van der Waals surface area contributed by atoms with Crippen LogP contribution >= 0.6 is 11.8 Å². The van der Waals surface area contributed by atoms with Crippen LogP contribution in [0.3, 0.4) is 0 Å². The average molecular weight is 437 g/mol. The Morgan fingerprint density at radius 2 is 1.71 bits per heavy atom. The lowest BCUT2D eigenvalue weighted by atomic mass is 9.87. The first-order chi connectivity index (χ1) is 14.7. The van der Waals surface area contributed by atoms with Gasteiger partial charge in [0.05, 0.1) is 5.75 Å². The van der Waals surface area contributed by atoms with Crippen LogP contribution < -0.4 is 5.32 Å². The van der Waals surface area contributed by atoms with Gasteiger partial charge >= 0.3 is 0 Å². The molecular formula is C25H32N4OS. The van der Waals surface area contributed by atoms with Crippen molar-refractivity contribution in [2.24, 2.45) is 0 Å². The Balaban J connectivity index is 1.94. The van der Waals surface area contributed by atoms with Crippen LogP contribution in [0.1, 0.15) is 52.2 Å². The van der Waals surface area contributed by atoms with Gasteiger partial charge in [-0.1, -0.05) is 81.4 Å². The molecule has 2 aromatic carbocycles. The van der Waals surface area contributed by atoms with E-state index in [1.807, 2.05) is 11.5 Å². The molecule has 0 saturated carbocycles. The van der Waals surface area contributed by atoms with Crippen molar-refractivity contribution in [1.82, 2.24) is 20.1 Å². The van der Waals surface area contributed by atoms with Crippen molar-refractivity contribution >= 4 is 17.7 Å². The van der Waals surface area contributed by atoms with Gasteiger partial charge in [0, 0.05) is 17.3 Å². The third kappa shape index (κ3) is 5.76. The molecule has 164 valence electrons. The summed E-state index contributed by atoms with van der Waals surface area (Å²) in [6.07, 6.45) is 0.907. The van der Waals surface area contributed by atoms with Crippen molar-refractivity contribution in [3.8, 4) is 17.1 Å². The van der Waals surface area contributed by atoms with Crippen molar-refractivity contribution in [2.75, 3.05) is 5.75 Å². The molecule has 0 fully saturated rings. The van der Waals surface area contributed by atoms with Crippen molar-refractivity contribution in [2.45, 2.75) is 64.6 Å². The van der Waals surface area contributed by atoms with Gasteiger partial charge in [0.1, 0.15) is 0 Å². The van der Waals surface area contributed by atoms with E-state index in [4.69, 9.17) is 0 Å². The fourth-order valence-electron chi connectivity index (χ4n) is 3.14. The molecule has 0 aliphatic carbocycles. The summed E-state index contributed by atoms with van der Waals surface area (Å²) in [5.74, 6) is 1.08. The summed E-state index contributed by atoms with van der Waals surface area (Å²) >= 11 is 1.41. The number of thioether (sulfide) groups is 1. The van der Waals surface area contributed by atoms with E-state index in [1.54, 1.807) is 0 Å². The summed E-state index contributed by atoms with van der Waals surface area (Å²) < 4.78 is 2.03. The summed E-state index contributed by atoms with van der Waals surface area (Å²) in [6.45, 7) is 12.7. The molecular weight excluding hydrogens is 404 g/mol. The van der Waals surface area contributed by atoms with Crippen LogP contribution in [0.2, 0.25) is 0 Å². The summed E-state index contributed by atoms with van der Waals surface area (Å²) in [5, 5.41) is 12.6. The molecule has 0 saturated heterocycles. The standard InChI is InChI=1S/C25H32N4OS/c1-7-18(3)26-22(30)16-31-24-28-27-23(29(24)21-14-8-17(2)9-15-21)19-10-12-20(13-11-19)25(4,5)6/h8-15,18H,7,16H2,1-6H3,(H,26,30)/t18-/m1/s1. The first-order valence-electron chi connectivity index (χ1n) is 10.7. The lowest BCUT2D eigenvalue weighted by Gasteiger charge is -2.19. The van der Waals surface area contributed by atoms with Crippen LogP contribution in [0.15, 0.2) is 53.7 Å². The van der Waals surface area contributed by atoms with Crippen molar-refractivity contribution < 1.29 is 4.79 Å². The van der Waals surface area contributed by atoms with Crippen molar-refractivity contribution in [1.29, 1.82) is 0 Å². The molecule has 5 nitrogen and oxygen atoms in total. The number of aromatic nitrogens is 3. The zero-order valence-electron chi connectivity index (χ0n) is 19.3. The van der Waals surface area contributed by atoms with E-state index in [0.717, 1.165) is 23.5 Å². The van der Waals surface area contributed by atoms with Crippen LogP contribution in [-0.4, -0.2) is 32.5 Å². The number of aryl methyl sites for hydroxylation is 1. The minimum Gasteiger partial charge on any atom is -0.353 e. The molecule has 0 spiro atoms. The molecule has 0 radical (unpaired) electrons. The predicted octanol–water partition coefficient (Wildman–Crippen LogP) is 5.55. The van der Waals surface area contributed by atoms with Crippen LogP contribution in [-0.2, 0) is 10.2 Å². The van der Waals surface area contributed by atoms with Crippen molar-refractivity contribution in [3.05, 3.63) is 59.7 Å². The number of benzene rings is 2. The molecule has 1 aromatic heterocycles. The predicted molar refractivity (Wildman–Crippen MR) is 129 cm³/mol. The van der Waals surface area contributed by atoms with E-state index in [9.17, 15) is 4.79 Å². The number of amides is 1. The van der Waals surface area contributed by atoms with Gasteiger partial charge in [-0.25, -0.2) is 0 Å². The fraction of sp³-hybridized carbons (Fsp3) is 0.400. The van der Waals surface area contributed by atoms with Gasteiger partial charge < -0.3 is 5.32 Å². The minimum absolute atomic E-state index is 0.00823. The zero-order valence-corrected chi connectivity index (χ0v) is 20.1. The highest BCUT2D eigenvalue weighted by Crippen LogP contribution is 2.30. The number of carbonyl (C=O) groups excluding carboxylic acids is 1. The van der Waals surface area contributed by atoms with E-state index >= 15 is 0 Å². The average Bonchev–Trinajstić information content (AvgIpc) is 3.16. The SMILES string of the molecule is CC[C@@H](C)NC(=O)CSc1nnc(-c2ccc(C(C)(C)C)cc2)n1-c1ccc(C)cc1. The number of nitrogens with zero attached hydrogens (tertiary/aromatic N) is 3. The number of nitrogens with one attached hydrogen (secondary N) is 1. The van der Waals surface area contributed by atoms with Crippen LogP contribution in [0.25, 0.3) is 17.1 Å². The first kappa shape index (κ1) is 23.1. The van der Waals surface area contributed by atoms with E-state index in [2.05, 4.69) is 98.7 Å². The number of hydrogen-bond donors (Lipinski definition) is 1. The minimum atomic E-state index is 0.00823. The maximum absolute atomic E-state index is 12.3. The van der Waals surface area contributed by atoms with Gasteiger partial charge in [0.2, 0.25) is 5.91 Å². The molecule has 3 aromatic rings. The van der Waals surface area contributed by atoms with Crippen LogP contribution in [0.5, 0.6) is 0 Å². The molecule has 1 atom stereocenters. The smallest absolute Gasteiger partial charge is 0.230 e. The maximum Gasteiger partial charge on any atom is 0.230 e. The van der Waals surface area contributed by atoms with Gasteiger partial charge in [-0.15, -0.1) is 10.2 Å². The third-order valence-corrected chi connectivity index (χ3v) is 6.22. The Bertz CT molecular complexity index is 1020. The first-order valence-corrected chi connectivity index (χ1v) is 11.7. The molecule has 1 N–H and O–H groups in total. The third-order valence-electron chi connectivity index (χ3n) is 5.29. The van der Waals surface area contributed by atoms with E-state index in [-0.39, 0.29) is 17.4 Å². The van der Waals surface area contributed by atoms with Gasteiger partial charge in [-0.2, -0.15) is 0 Å². The number of hydrogen-bond acceptors (Lipinski definition) is 4. The van der Waals surface area contributed by atoms with E-state index < -0.39 is 0 Å². The summed E-state index contributed by atoms with van der Waals surface area (Å²) in [7, 11) is 0. The van der Waals surface area contributed by atoms with E-state index in [1.165, 1.54) is 22.9 Å². The largest absolute Gasteiger partial charge is 0.353 e. The second-order valence-corrected chi connectivity index (χ2v) is 9.91. The van der Waals surface area contributed by atoms with Crippen LogP contribution in [0.4, 0.5) is 0 Å². The fourth-order valence-corrected chi connectivity index (χ4v) is 3.91. The molecule has 0 unspecified atom stereocenters. The Hall–Kier alpha value is -2.60. The summed E-state index contributed by atoms with van der Waals surface area (Å²) in [5.41, 5.74) is 4.53. The van der Waals surface area contributed by atoms with Gasteiger partial charge in [-0.3, -0.25) is 9.36 Å². The van der Waals surface area contributed by atoms with Crippen LogP contribution in [0, 0.1) is 6.92 Å². The highest BCUT2D eigenvalue weighted by Gasteiger charge is 2.19. The molecule has 3 rings (SSSR count). The normalized spacial score (nSPS) is 12.6. The van der Waals surface area contributed by atoms with Gasteiger partial charge in [-0.05, 0) is 43.4 Å². The second kappa shape index (κ2) is 9.69. The zero-order chi connectivity index (χ0) is 22.6. The van der Waals surface area contributed by atoms with Gasteiger partial charge in [0.15, 0.2) is 11.0 Å². The molecule has 6 heteroatoms. The summed E-state index contributed by atoms with van der Waals surface area (Å²) in [6, 6.07) is 16.9. The molecule has 0 bridgehead atoms. The lowest BCUT2D eigenvalue weighted by molar-refractivity contribution is -0.119. The number of carbonyl (C=O) groups is 1. The highest BCUT2D eigenvalue weighted by molar-refractivity contribution is 7.99. The Labute approximate surface area is 189 Å². The Morgan fingerprint density at radius 3 is 2.29 bits per heavy atom. The second-order valence-electron chi connectivity index (χ2n) is 8.97. The molecule has 0 aliphatic heterocycles. The molecule has 1 heterocycles. The molecule has 1 amide bonds. The van der Waals surface area contributed by atoms with Crippen molar-refractivity contribution in [3.63, 3.8) is 0 Å². The van der Waals surface area contributed by atoms with E-state index in [0.29, 0.717) is 10.9 Å². The molecule has 0 aliphatic rings. The quantitative estimate of drug-likeness (QED) is 0.494. The van der Waals surface area contributed by atoms with Gasteiger partial charge in [0.25, 0.3) is 0 Å². The lowest BCUT2D eigenvalue weighted by Crippen LogP contribution is -2.33. The Morgan fingerprint density at radius 1 is 1.06 bits per heavy atom. The maximum atomic E-state index is 12.3. The summed E-state index contributed by atoms with van der Waals surface area (Å²) in [4.78, 5) is 12.3. The monoisotopic (exact) mass is 436 g/mol. The highest BCUT2D eigenvalue weighted by atomic mass is 32.2. The molecule has 31 heavy (non-hydrogen) atoms. The number of rotatable bonds is 7. The Kier molecular flexibility index (Phi) is 7.21.